The van der Waals surface area contributed by atoms with Crippen molar-refractivity contribution in [1.29, 1.82) is 0 Å². The Morgan fingerprint density at radius 1 is 1.19 bits per heavy atom. The molecule has 2 rings (SSSR count). The highest BCUT2D eigenvalue weighted by Crippen LogP contribution is 2.10. The van der Waals surface area contributed by atoms with Crippen molar-refractivity contribution in [1.82, 2.24) is 20.4 Å². The molecule has 0 atom stereocenters. The van der Waals surface area contributed by atoms with Crippen LogP contribution in [0.1, 0.15) is 39.3 Å². The van der Waals surface area contributed by atoms with E-state index in [1.54, 1.807) is 0 Å². The zero-order chi connectivity index (χ0) is 15.3. The topological polar surface area (TPSA) is 44.3 Å². The summed E-state index contributed by atoms with van der Waals surface area (Å²) in [5.74, 6) is 0.953. The SMILES string of the molecule is CN(CCN1CCCC1)c1ccc(CNC(C)(C)C)nn1. The van der Waals surface area contributed by atoms with Crippen LogP contribution in [-0.2, 0) is 6.54 Å². The number of likely N-dealkylation sites (N-methyl/N-ethyl adjacent to an activating group) is 1. The summed E-state index contributed by atoms with van der Waals surface area (Å²) in [6.07, 6.45) is 2.69. The molecule has 1 N–H and O–H groups in total. The summed E-state index contributed by atoms with van der Waals surface area (Å²) in [5.41, 5.74) is 1.09. The van der Waals surface area contributed by atoms with Crippen molar-refractivity contribution in [2.75, 3.05) is 38.1 Å². The first-order valence-electron chi connectivity index (χ1n) is 7.95. The first-order valence-corrected chi connectivity index (χ1v) is 7.95. The highest BCUT2D eigenvalue weighted by Gasteiger charge is 2.13. The lowest BCUT2D eigenvalue weighted by Crippen LogP contribution is -2.35. The van der Waals surface area contributed by atoms with Crippen LogP contribution in [0.15, 0.2) is 12.1 Å². The molecule has 0 saturated carbocycles. The van der Waals surface area contributed by atoms with E-state index < -0.39 is 0 Å². The lowest BCUT2D eigenvalue weighted by molar-refractivity contribution is 0.346. The second-order valence-corrected chi connectivity index (χ2v) is 6.96. The molecule has 0 bridgehead atoms. The fourth-order valence-corrected chi connectivity index (χ4v) is 2.42. The van der Waals surface area contributed by atoms with E-state index in [1.165, 1.54) is 25.9 Å². The van der Waals surface area contributed by atoms with Crippen LogP contribution < -0.4 is 10.2 Å². The van der Waals surface area contributed by atoms with Crippen LogP contribution in [0.2, 0.25) is 0 Å². The molecule has 1 aromatic heterocycles. The number of rotatable bonds is 6. The normalized spacial score (nSPS) is 16.4. The summed E-state index contributed by atoms with van der Waals surface area (Å²) < 4.78 is 0. The summed E-state index contributed by atoms with van der Waals surface area (Å²) in [6, 6.07) is 4.13. The molecular weight excluding hydrogens is 262 g/mol. The van der Waals surface area contributed by atoms with Crippen molar-refractivity contribution in [3.63, 3.8) is 0 Å². The molecule has 1 aliphatic rings. The molecule has 1 aliphatic heterocycles. The molecule has 0 radical (unpaired) electrons. The molecule has 1 aromatic rings. The fourth-order valence-electron chi connectivity index (χ4n) is 2.42. The number of hydrogen-bond acceptors (Lipinski definition) is 5. The summed E-state index contributed by atoms with van der Waals surface area (Å²) in [6.45, 7) is 11.8. The van der Waals surface area contributed by atoms with Crippen molar-refractivity contribution >= 4 is 5.82 Å². The van der Waals surface area contributed by atoms with Gasteiger partial charge in [0.25, 0.3) is 0 Å². The highest BCUT2D eigenvalue weighted by atomic mass is 15.3. The van der Waals surface area contributed by atoms with Gasteiger partial charge in [-0.05, 0) is 58.8 Å². The zero-order valence-electron chi connectivity index (χ0n) is 13.9. The van der Waals surface area contributed by atoms with E-state index in [0.29, 0.717) is 0 Å². The van der Waals surface area contributed by atoms with E-state index in [9.17, 15) is 0 Å². The second-order valence-electron chi connectivity index (χ2n) is 6.96. The minimum Gasteiger partial charge on any atom is -0.357 e. The van der Waals surface area contributed by atoms with Gasteiger partial charge in [-0.25, -0.2) is 0 Å². The van der Waals surface area contributed by atoms with Crippen molar-refractivity contribution in [2.45, 2.75) is 45.7 Å². The number of anilines is 1. The summed E-state index contributed by atoms with van der Waals surface area (Å²) in [4.78, 5) is 4.71. The quantitative estimate of drug-likeness (QED) is 0.867. The van der Waals surface area contributed by atoms with Gasteiger partial charge in [0.15, 0.2) is 5.82 Å². The maximum Gasteiger partial charge on any atom is 0.151 e. The van der Waals surface area contributed by atoms with Gasteiger partial charge in [-0.1, -0.05) is 0 Å². The third kappa shape index (κ3) is 5.59. The number of nitrogens with zero attached hydrogens (tertiary/aromatic N) is 4. The predicted octanol–water partition coefficient (Wildman–Crippen LogP) is 1.90. The first-order chi connectivity index (χ1) is 9.94. The van der Waals surface area contributed by atoms with Crippen molar-refractivity contribution in [3.05, 3.63) is 17.8 Å². The zero-order valence-corrected chi connectivity index (χ0v) is 13.9. The second kappa shape index (κ2) is 7.18. The van der Waals surface area contributed by atoms with Gasteiger partial charge in [-0.3, -0.25) is 0 Å². The minimum absolute atomic E-state index is 0.104. The molecule has 0 aliphatic carbocycles. The summed E-state index contributed by atoms with van der Waals surface area (Å²) in [5, 5.41) is 12.1. The molecular formula is C16H29N5. The highest BCUT2D eigenvalue weighted by molar-refractivity contribution is 5.36. The first kappa shape index (κ1) is 16.2. The van der Waals surface area contributed by atoms with Crippen LogP contribution in [0.25, 0.3) is 0 Å². The van der Waals surface area contributed by atoms with Gasteiger partial charge in [-0.15, -0.1) is 5.10 Å². The Balaban J connectivity index is 1.80. The molecule has 2 heterocycles. The third-order valence-corrected chi connectivity index (χ3v) is 3.85. The largest absolute Gasteiger partial charge is 0.357 e. The van der Waals surface area contributed by atoms with Gasteiger partial charge < -0.3 is 15.1 Å². The Hall–Kier alpha value is -1.20. The number of nitrogens with one attached hydrogen (secondary N) is 1. The Bertz CT molecular complexity index is 417. The molecule has 5 heteroatoms. The van der Waals surface area contributed by atoms with Crippen LogP contribution in [0.3, 0.4) is 0 Å². The molecule has 0 aromatic carbocycles. The molecule has 0 unspecified atom stereocenters. The lowest BCUT2D eigenvalue weighted by atomic mass is 10.1. The molecule has 118 valence electrons. The average Bonchev–Trinajstić information content (AvgIpc) is 2.95. The van der Waals surface area contributed by atoms with Gasteiger partial charge in [0.1, 0.15) is 0 Å². The maximum atomic E-state index is 4.34. The van der Waals surface area contributed by atoms with Crippen LogP contribution in [0, 0.1) is 0 Å². The smallest absolute Gasteiger partial charge is 0.151 e. The van der Waals surface area contributed by atoms with Crippen LogP contribution >= 0.6 is 0 Å². The van der Waals surface area contributed by atoms with E-state index in [4.69, 9.17) is 0 Å². The minimum atomic E-state index is 0.104. The summed E-state index contributed by atoms with van der Waals surface area (Å²) in [7, 11) is 2.09. The number of likely N-dealkylation sites (tertiary alicyclic amines) is 1. The number of aromatic nitrogens is 2. The Kier molecular flexibility index (Phi) is 5.53. The van der Waals surface area contributed by atoms with Gasteiger partial charge in [0.2, 0.25) is 0 Å². The molecule has 0 amide bonds. The van der Waals surface area contributed by atoms with Gasteiger partial charge >= 0.3 is 0 Å². The average molecular weight is 291 g/mol. The van der Waals surface area contributed by atoms with E-state index in [1.807, 2.05) is 0 Å². The maximum absolute atomic E-state index is 4.34. The lowest BCUT2D eigenvalue weighted by Gasteiger charge is -2.22. The van der Waals surface area contributed by atoms with Crippen LogP contribution in [0.4, 0.5) is 5.82 Å². The third-order valence-electron chi connectivity index (χ3n) is 3.85. The van der Waals surface area contributed by atoms with Gasteiger partial charge in [0, 0.05) is 32.2 Å². The Labute approximate surface area is 128 Å². The molecule has 5 nitrogen and oxygen atoms in total. The monoisotopic (exact) mass is 291 g/mol. The molecule has 0 spiro atoms. The van der Waals surface area contributed by atoms with E-state index in [0.717, 1.165) is 31.1 Å². The van der Waals surface area contributed by atoms with E-state index in [2.05, 4.69) is 65.3 Å². The molecule has 1 saturated heterocycles. The van der Waals surface area contributed by atoms with Gasteiger partial charge in [0.05, 0.1) is 5.69 Å². The number of hydrogen-bond donors (Lipinski definition) is 1. The molecule has 1 fully saturated rings. The van der Waals surface area contributed by atoms with Crippen LogP contribution in [-0.4, -0.2) is 53.9 Å². The van der Waals surface area contributed by atoms with Crippen LogP contribution in [0.5, 0.6) is 0 Å². The van der Waals surface area contributed by atoms with Crippen molar-refractivity contribution in [2.24, 2.45) is 0 Å². The predicted molar refractivity (Wildman–Crippen MR) is 87.6 cm³/mol. The molecule has 21 heavy (non-hydrogen) atoms. The Morgan fingerprint density at radius 2 is 1.90 bits per heavy atom. The van der Waals surface area contributed by atoms with Crippen molar-refractivity contribution in [3.8, 4) is 0 Å². The van der Waals surface area contributed by atoms with E-state index >= 15 is 0 Å². The van der Waals surface area contributed by atoms with Gasteiger partial charge in [-0.2, -0.15) is 5.10 Å². The Morgan fingerprint density at radius 3 is 2.48 bits per heavy atom. The summed E-state index contributed by atoms with van der Waals surface area (Å²) >= 11 is 0. The fraction of sp³-hybridized carbons (Fsp3) is 0.750. The van der Waals surface area contributed by atoms with Crippen molar-refractivity contribution < 1.29 is 0 Å². The van der Waals surface area contributed by atoms with E-state index in [-0.39, 0.29) is 5.54 Å². The standard InChI is InChI=1S/C16H29N5/c1-16(2,3)17-13-14-7-8-15(19-18-14)20(4)11-12-21-9-5-6-10-21/h7-8,17H,5-6,9-13H2,1-4H3.